The van der Waals surface area contributed by atoms with Gasteiger partial charge in [0.15, 0.2) is 0 Å². The normalized spacial score (nSPS) is 18.6. The number of ether oxygens (including phenoxy) is 2. The van der Waals surface area contributed by atoms with Crippen LogP contribution in [0.15, 0.2) is 0 Å². The summed E-state index contributed by atoms with van der Waals surface area (Å²) in [5.41, 5.74) is 0. The Morgan fingerprint density at radius 3 is 2.69 bits per heavy atom. The molecule has 16 heavy (non-hydrogen) atoms. The second kappa shape index (κ2) is 7.60. The van der Waals surface area contributed by atoms with Crippen molar-refractivity contribution in [1.29, 1.82) is 0 Å². The molecule has 1 saturated heterocycles. The van der Waals surface area contributed by atoms with Crippen molar-refractivity contribution in [3.63, 3.8) is 0 Å². The van der Waals surface area contributed by atoms with Crippen molar-refractivity contribution in [3.8, 4) is 0 Å². The molecule has 0 atom stereocenters. The molecule has 0 aromatic heterocycles. The van der Waals surface area contributed by atoms with Gasteiger partial charge in [0.2, 0.25) is 0 Å². The zero-order valence-electron chi connectivity index (χ0n) is 9.85. The number of carbonyl (C=O) groups excluding carboxylic acids is 1. The molecule has 5 nitrogen and oxygen atoms in total. The first-order chi connectivity index (χ1) is 7.76. The summed E-state index contributed by atoms with van der Waals surface area (Å²) < 4.78 is 10.3. The highest BCUT2D eigenvalue weighted by atomic mass is 16.5. The number of hydrogen-bond acceptors (Lipinski definition) is 5. The average molecular weight is 231 g/mol. The molecule has 1 rings (SSSR count). The smallest absolute Gasteiger partial charge is 0.320 e. The molecule has 0 aromatic rings. The zero-order chi connectivity index (χ0) is 11.8. The topological polar surface area (TPSA) is 59.0 Å². The number of carbonyl (C=O) groups is 1. The minimum atomic E-state index is -0.155. The number of rotatable bonds is 6. The monoisotopic (exact) mass is 231 g/mol. The zero-order valence-corrected chi connectivity index (χ0v) is 9.85. The van der Waals surface area contributed by atoms with Gasteiger partial charge in [-0.15, -0.1) is 0 Å². The van der Waals surface area contributed by atoms with E-state index < -0.39 is 0 Å². The quantitative estimate of drug-likeness (QED) is 0.653. The van der Waals surface area contributed by atoms with Gasteiger partial charge < -0.3 is 14.6 Å². The van der Waals surface area contributed by atoms with E-state index in [-0.39, 0.29) is 18.7 Å². The fraction of sp³-hybridized carbons (Fsp3) is 0.909. The number of esters is 1. The number of nitrogens with zero attached hydrogens (tertiary/aromatic N) is 1. The Morgan fingerprint density at radius 2 is 2.12 bits per heavy atom. The van der Waals surface area contributed by atoms with Crippen molar-refractivity contribution in [2.75, 3.05) is 39.5 Å². The Balaban J connectivity index is 2.14. The highest BCUT2D eigenvalue weighted by Gasteiger charge is 2.21. The molecule has 0 aliphatic carbocycles. The van der Waals surface area contributed by atoms with E-state index in [2.05, 4.69) is 4.90 Å². The van der Waals surface area contributed by atoms with Gasteiger partial charge >= 0.3 is 5.97 Å². The Kier molecular flexibility index (Phi) is 6.37. The average Bonchev–Trinajstić information content (AvgIpc) is 2.28. The van der Waals surface area contributed by atoms with Crippen molar-refractivity contribution in [1.82, 2.24) is 4.90 Å². The number of aliphatic hydroxyl groups excluding tert-OH is 1. The molecule has 0 amide bonds. The van der Waals surface area contributed by atoms with Gasteiger partial charge in [-0.2, -0.15) is 0 Å². The number of hydrogen-bond donors (Lipinski definition) is 1. The predicted molar refractivity (Wildman–Crippen MR) is 59.1 cm³/mol. The van der Waals surface area contributed by atoms with Crippen LogP contribution in [0.4, 0.5) is 0 Å². The Morgan fingerprint density at radius 1 is 1.44 bits per heavy atom. The summed E-state index contributed by atoms with van der Waals surface area (Å²) in [6, 6.07) is 0. The lowest BCUT2D eigenvalue weighted by Crippen LogP contribution is -2.40. The van der Waals surface area contributed by atoms with Crippen LogP contribution in [0.2, 0.25) is 0 Å². The van der Waals surface area contributed by atoms with Crippen LogP contribution in [0.1, 0.15) is 19.8 Å². The molecule has 1 fully saturated rings. The van der Waals surface area contributed by atoms with Gasteiger partial charge in [-0.1, -0.05) is 0 Å². The lowest BCUT2D eigenvalue weighted by molar-refractivity contribution is -0.145. The van der Waals surface area contributed by atoms with Gasteiger partial charge in [0.05, 0.1) is 32.5 Å². The predicted octanol–water partition coefficient (Wildman–Crippen LogP) is 0.0228. The molecular weight excluding hydrogens is 210 g/mol. The molecule has 0 radical (unpaired) electrons. The van der Waals surface area contributed by atoms with Crippen LogP contribution < -0.4 is 0 Å². The molecular formula is C11H21NO4. The summed E-state index contributed by atoms with van der Waals surface area (Å²) >= 11 is 0. The molecule has 1 N–H and O–H groups in total. The van der Waals surface area contributed by atoms with Crippen molar-refractivity contribution < 1.29 is 19.4 Å². The fourth-order valence-electron chi connectivity index (χ4n) is 1.84. The van der Waals surface area contributed by atoms with Gasteiger partial charge in [0.25, 0.3) is 0 Å². The minimum absolute atomic E-state index is 0.0725. The van der Waals surface area contributed by atoms with Gasteiger partial charge in [-0.3, -0.25) is 9.69 Å². The molecule has 0 bridgehead atoms. The van der Waals surface area contributed by atoms with Gasteiger partial charge in [0, 0.05) is 13.1 Å². The van der Waals surface area contributed by atoms with E-state index >= 15 is 0 Å². The second-order valence-corrected chi connectivity index (χ2v) is 3.87. The maximum Gasteiger partial charge on any atom is 0.320 e. The van der Waals surface area contributed by atoms with Gasteiger partial charge in [-0.25, -0.2) is 0 Å². The number of aliphatic hydroxyl groups is 1. The van der Waals surface area contributed by atoms with E-state index in [9.17, 15) is 4.79 Å². The van der Waals surface area contributed by atoms with E-state index in [1.165, 1.54) is 0 Å². The lowest BCUT2D eigenvalue weighted by atomic mass is 10.1. The molecule has 5 heteroatoms. The van der Waals surface area contributed by atoms with Crippen molar-refractivity contribution in [2.45, 2.75) is 25.9 Å². The summed E-state index contributed by atoms with van der Waals surface area (Å²) in [5.74, 6) is -0.155. The molecule has 1 heterocycles. The van der Waals surface area contributed by atoms with Crippen molar-refractivity contribution >= 4 is 5.97 Å². The first kappa shape index (κ1) is 13.4. The van der Waals surface area contributed by atoms with Crippen LogP contribution in [0.25, 0.3) is 0 Å². The molecule has 1 aliphatic heterocycles. The first-order valence-corrected chi connectivity index (χ1v) is 5.86. The molecule has 0 aromatic carbocycles. The highest BCUT2D eigenvalue weighted by Crippen LogP contribution is 2.13. The molecule has 0 spiro atoms. The Hall–Kier alpha value is -0.650. The maximum absolute atomic E-state index is 11.2. The number of likely N-dealkylation sites (tertiary alicyclic amines) is 1. The van der Waals surface area contributed by atoms with Crippen molar-refractivity contribution in [3.05, 3.63) is 0 Å². The first-order valence-electron chi connectivity index (χ1n) is 5.86. The minimum Gasteiger partial charge on any atom is -0.465 e. The Labute approximate surface area is 96.3 Å². The van der Waals surface area contributed by atoms with Crippen LogP contribution in [-0.2, 0) is 14.3 Å². The van der Waals surface area contributed by atoms with E-state index in [0.717, 1.165) is 25.9 Å². The maximum atomic E-state index is 11.2. The summed E-state index contributed by atoms with van der Waals surface area (Å²) in [4.78, 5) is 13.3. The van der Waals surface area contributed by atoms with Crippen LogP contribution in [-0.4, -0.2) is 61.5 Å². The van der Waals surface area contributed by atoms with Crippen LogP contribution in [0.3, 0.4) is 0 Å². The standard InChI is InChI=1S/C11H21NO4/c1-2-15-11(14)9-12-5-3-10(4-6-12)16-8-7-13/h10,13H,2-9H2,1H3. The lowest BCUT2D eigenvalue weighted by Gasteiger charge is -2.30. The Bertz CT molecular complexity index is 202. The molecule has 1 aliphatic rings. The van der Waals surface area contributed by atoms with E-state index in [4.69, 9.17) is 14.6 Å². The third kappa shape index (κ3) is 4.92. The van der Waals surface area contributed by atoms with Crippen LogP contribution >= 0.6 is 0 Å². The molecule has 94 valence electrons. The SMILES string of the molecule is CCOC(=O)CN1CCC(OCCO)CC1. The van der Waals surface area contributed by atoms with E-state index in [0.29, 0.717) is 19.8 Å². The summed E-state index contributed by atoms with van der Waals surface area (Å²) in [5, 5.41) is 8.63. The molecule has 0 saturated carbocycles. The number of piperidine rings is 1. The van der Waals surface area contributed by atoms with E-state index in [1.54, 1.807) is 0 Å². The second-order valence-electron chi connectivity index (χ2n) is 3.87. The third-order valence-corrected chi connectivity index (χ3v) is 2.64. The molecule has 0 unspecified atom stereocenters. The third-order valence-electron chi connectivity index (χ3n) is 2.64. The van der Waals surface area contributed by atoms with E-state index in [1.807, 2.05) is 6.92 Å². The summed E-state index contributed by atoms with van der Waals surface area (Å²) in [7, 11) is 0. The van der Waals surface area contributed by atoms with Crippen LogP contribution in [0, 0.1) is 0 Å². The fourth-order valence-corrected chi connectivity index (χ4v) is 1.84. The summed E-state index contributed by atoms with van der Waals surface area (Å²) in [6.07, 6.45) is 2.06. The highest BCUT2D eigenvalue weighted by molar-refractivity contribution is 5.71. The largest absolute Gasteiger partial charge is 0.465 e. The summed E-state index contributed by atoms with van der Waals surface area (Å²) in [6.45, 7) is 4.82. The van der Waals surface area contributed by atoms with Gasteiger partial charge in [0.1, 0.15) is 0 Å². The van der Waals surface area contributed by atoms with Crippen LogP contribution in [0.5, 0.6) is 0 Å². The van der Waals surface area contributed by atoms with Gasteiger partial charge in [-0.05, 0) is 19.8 Å². The van der Waals surface area contributed by atoms with Crippen molar-refractivity contribution in [2.24, 2.45) is 0 Å².